The van der Waals surface area contributed by atoms with Crippen molar-refractivity contribution in [3.05, 3.63) is 168 Å². The lowest BCUT2D eigenvalue weighted by molar-refractivity contribution is 1.17. The molecule has 9 rings (SSSR count). The van der Waals surface area contributed by atoms with Gasteiger partial charge in [0.15, 0.2) is 0 Å². The van der Waals surface area contributed by atoms with Crippen LogP contribution in [0.4, 0.5) is 0 Å². The zero-order chi connectivity index (χ0) is 33.8. The molecule has 230 valence electrons. The van der Waals surface area contributed by atoms with Crippen LogP contribution in [0.5, 0.6) is 0 Å². The van der Waals surface area contributed by atoms with Gasteiger partial charge in [-0.25, -0.2) is 0 Å². The van der Waals surface area contributed by atoms with Crippen molar-refractivity contribution in [3.63, 3.8) is 0 Å². The van der Waals surface area contributed by atoms with E-state index in [1.807, 2.05) is 84.9 Å². The van der Waals surface area contributed by atoms with E-state index in [-0.39, 0.29) is 0 Å². The van der Waals surface area contributed by atoms with Gasteiger partial charge in [0.1, 0.15) is 6.07 Å². The molecule has 0 bridgehead atoms. The van der Waals surface area contributed by atoms with Gasteiger partial charge in [-0.3, -0.25) is 0 Å². The largest absolute Gasteiger partial charge is 0.309 e. The summed E-state index contributed by atoms with van der Waals surface area (Å²) in [4.78, 5) is 0. The molecule has 9 aromatic rings. The first kappa shape index (κ1) is 28.8. The first-order valence-corrected chi connectivity index (χ1v) is 16.3. The predicted molar refractivity (Wildman–Crippen MR) is 200 cm³/mol. The SMILES string of the molecule is N#Cc1cc(-c2ccc(-n3c4ccccc4c4cc(C#N)ccc43)cc2)cc(-c2cccc(C#N)c2-n2c3ccccc3c3ccccc32)c1. The highest BCUT2D eigenvalue weighted by Crippen LogP contribution is 2.39. The van der Waals surface area contributed by atoms with Gasteiger partial charge in [-0.2, -0.15) is 15.8 Å². The molecule has 0 aliphatic heterocycles. The summed E-state index contributed by atoms with van der Waals surface area (Å²) in [6.45, 7) is 0. The lowest BCUT2D eigenvalue weighted by Crippen LogP contribution is -2.01. The summed E-state index contributed by atoms with van der Waals surface area (Å²) in [5, 5.41) is 34.5. The van der Waals surface area contributed by atoms with E-state index in [1.165, 1.54) is 0 Å². The fourth-order valence-electron chi connectivity index (χ4n) is 7.41. The Morgan fingerprint density at radius 3 is 1.60 bits per heavy atom. The van der Waals surface area contributed by atoms with E-state index in [0.29, 0.717) is 16.7 Å². The van der Waals surface area contributed by atoms with Gasteiger partial charge in [0, 0.05) is 32.8 Å². The molecule has 0 aliphatic carbocycles. The summed E-state index contributed by atoms with van der Waals surface area (Å²) in [6.07, 6.45) is 0. The van der Waals surface area contributed by atoms with Gasteiger partial charge in [-0.1, -0.05) is 78.9 Å². The summed E-state index contributed by atoms with van der Waals surface area (Å²) in [6, 6.07) is 57.7. The molecule has 0 fully saturated rings. The van der Waals surface area contributed by atoms with Gasteiger partial charge in [0.05, 0.1) is 56.6 Å². The topological polar surface area (TPSA) is 81.2 Å². The number of aromatic nitrogens is 2. The molecule has 0 aliphatic rings. The summed E-state index contributed by atoms with van der Waals surface area (Å²) in [5.74, 6) is 0. The van der Waals surface area contributed by atoms with Gasteiger partial charge in [0.25, 0.3) is 0 Å². The maximum Gasteiger partial charge on any atom is 0.101 e. The van der Waals surface area contributed by atoms with Crippen LogP contribution in [0.3, 0.4) is 0 Å². The molecule has 2 aromatic heterocycles. The maximum absolute atomic E-state index is 10.4. The molecule has 7 aromatic carbocycles. The normalized spacial score (nSPS) is 11.1. The molecular weight excluding hydrogens is 611 g/mol. The molecule has 0 atom stereocenters. The van der Waals surface area contributed by atoms with Crippen molar-refractivity contribution in [1.82, 2.24) is 9.13 Å². The van der Waals surface area contributed by atoms with Crippen molar-refractivity contribution in [2.24, 2.45) is 0 Å². The fraction of sp³-hybridized carbons (Fsp3) is 0. The number of fused-ring (bicyclic) bond motifs is 6. The van der Waals surface area contributed by atoms with E-state index < -0.39 is 0 Å². The van der Waals surface area contributed by atoms with Crippen LogP contribution in [-0.2, 0) is 0 Å². The smallest absolute Gasteiger partial charge is 0.101 e. The van der Waals surface area contributed by atoms with E-state index in [0.717, 1.165) is 77.2 Å². The molecular formula is C45H25N5. The highest BCUT2D eigenvalue weighted by atomic mass is 15.0. The van der Waals surface area contributed by atoms with E-state index in [9.17, 15) is 15.8 Å². The van der Waals surface area contributed by atoms with Gasteiger partial charge in [0.2, 0.25) is 0 Å². The molecule has 2 heterocycles. The minimum absolute atomic E-state index is 0.535. The first-order chi connectivity index (χ1) is 24.7. The Hall–Kier alpha value is -7.39. The van der Waals surface area contributed by atoms with Crippen LogP contribution in [0.1, 0.15) is 16.7 Å². The Kier molecular flexibility index (Phi) is 6.56. The van der Waals surface area contributed by atoms with Crippen LogP contribution in [0.2, 0.25) is 0 Å². The predicted octanol–water partition coefficient (Wildman–Crippen LogP) is 10.8. The van der Waals surface area contributed by atoms with Crippen molar-refractivity contribution < 1.29 is 0 Å². The van der Waals surface area contributed by atoms with Crippen molar-refractivity contribution in [1.29, 1.82) is 15.8 Å². The Morgan fingerprint density at radius 1 is 0.380 bits per heavy atom. The molecule has 0 saturated heterocycles. The second kappa shape index (κ2) is 11.4. The number of benzene rings is 7. The number of rotatable bonds is 4. The Labute approximate surface area is 287 Å². The highest BCUT2D eigenvalue weighted by Gasteiger charge is 2.20. The van der Waals surface area contributed by atoms with Gasteiger partial charge in [-0.15, -0.1) is 0 Å². The molecule has 0 unspecified atom stereocenters. The third kappa shape index (κ3) is 4.38. The molecule has 50 heavy (non-hydrogen) atoms. The fourth-order valence-corrected chi connectivity index (χ4v) is 7.41. The molecule has 5 heteroatoms. The van der Waals surface area contributed by atoms with Crippen LogP contribution in [0.25, 0.3) is 77.2 Å². The number of hydrogen-bond acceptors (Lipinski definition) is 3. The van der Waals surface area contributed by atoms with Gasteiger partial charge >= 0.3 is 0 Å². The summed E-state index contributed by atoms with van der Waals surface area (Å²) < 4.78 is 4.40. The van der Waals surface area contributed by atoms with Crippen LogP contribution in [-0.4, -0.2) is 9.13 Å². The van der Waals surface area contributed by atoms with Gasteiger partial charge in [-0.05, 0) is 89.5 Å². The third-order valence-corrected chi connectivity index (χ3v) is 9.59. The summed E-state index contributed by atoms with van der Waals surface area (Å²) >= 11 is 0. The highest BCUT2D eigenvalue weighted by molar-refractivity contribution is 6.11. The lowest BCUT2D eigenvalue weighted by atomic mass is 9.94. The lowest BCUT2D eigenvalue weighted by Gasteiger charge is -2.17. The van der Waals surface area contributed by atoms with Crippen LogP contribution in [0, 0.1) is 34.0 Å². The maximum atomic E-state index is 10.4. The van der Waals surface area contributed by atoms with E-state index in [2.05, 4.69) is 94.1 Å². The van der Waals surface area contributed by atoms with Crippen LogP contribution in [0.15, 0.2) is 152 Å². The van der Waals surface area contributed by atoms with Gasteiger partial charge < -0.3 is 9.13 Å². The summed E-state index contributed by atoms with van der Waals surface area (Å²) in [5.41, 5.74) is 11.2. The standard InChI is InChI=1S/C45H25N5/c46-26-29-16-21-44-40(24-29)39-11-3-4-13-41(39)49(44)35-19-17-31(18-20-35)33-22-30(27-47)23-34(25-33)36-12-7-8-32(28-48)45(36)50-42-14-5-1-9-37(42)38-10-2-6-15-43(38)50/h1-25H. The molecule has 5 nitrogen and oxygen atoms in total. The second-order valence-electron chi connectivity index (χ2n) is 12.3. The average Bonchev–Trinajstić information content (AvgIpc) is 3.70. The number of hydrogen-bond donors (Lipinski definition) is 0. The zero-order valence-electron chi connectivity index (χ0n) is 26.7. The monoisotopic (exact) mass is 635 g/mol. The quantitative estimate of drug-likeness (QED) is 0.193. The number of nitriles is 3. The Bertz CT molecular complexity index is 2900. The van der Waals surface area contributed by atoms with Crippen LogP contribution >= 0.6 is 0 Å². The minimum Gasteiger partial charge on any atom is -0.309 e. The zero-order valence-corrected chi connectivity index (χ0v) is 26.7. The first-order valence-electron chi connectivity index (χ1n) is 16.3. The molecule has 0 radical (unpaired) electrons. The van der Waals surface area contributed by atoms with Crippen molar-refractivity contribution in [3.8, 4) is 51.8 Å². The molecule has 0 amide bonds. The second-order valence-corrected chi connectivity index (χ2v) is 12.3. The molecule has 0 N–H and O–H groups in total. The van der Waals surface area contributed by atoms with Crippen molar-refractivity contribution in [2.45, 2.75) is 0 Å². The van der Waals surface area contributed by atoms with Crippen molar-refractivity contribution in [2.75, 3.05) is 0 Å². The number of para-hydroxylation sites is 4. The van der Waals surface area contributed by atoms with Crippen molar-refractivity contribution >= 4 is 43.6 Å². The number of nitrogens with zero attached hydrogens (tertiary/aromatic N) is 5. The van der Waals surface area contributed by atoms with E-state index >= 15 is 0 Å². The van der Waals surface area contributed by atoms with Crippen LogP contribution < -0.4 is 0 Å². The van der Waals surface area contributed by atoms with E-state index in [1.54, 1.807) is 0 Å². The average molecular weight is 636 g/mol. The molecule has 0 saturated carbocycles. The molecule has 0 spiro atoms. The minimum atomic E-state index is 0.535. The Balaban J connectivity index is 1.21. The Morgan fingerprint density at radius 2 is 0.960 bits per heavy atom. The van der Waals surface area contributed by atoms with E-state index in [4.69, 9.17) is 0 Å². The summed E-state index contributed by atoms with van der Waals surface area (Å²) in [7, 11) is 0. The third-order valence-electron chi connectivity index (χ3n) is 9.59.